The average Bonchev–Trinajstić information content (AvgIpc) is 2.93. The van der Waals surface area contributed by atoms with Crippen LogP contribution in [0.3, 0.4) is 0 Å². The van der Waals surface area contributed by atoms with E-state index < -0.39 is 17.7 Å². The molecule has 28 heavy (non-hydrogen) atoms. The number of carbonyl (C=O) groups excluding carboxylic acids is 2. The number of aliphatic hydroxyl groups is 1. The van der Waals surface area contributed by atoms with Gasteiger partial charge in [0.1, 0.15) is 5.76 Å². The van der Waals surface area contributed by atoms with Gasteiger partial charge in [0.05, 0.1) is 11.6 Å². The zero-order valence-electron chi connectivity index (χ0n) is 15.9. The molecule has 2 aromatic rings. The fourth-order valence-corrected chi connectivity index (χ4v) is 3.54. The fraction of sp³-hybridized carbons (Fsp3) is 0.273. The number of carbonyl (C=O) groups is 2. The number of halogens is 1. The summed E-state index contributed by atoms with van der Waals surface area (Å²) in [5.41, 5.74) is 1.36. The Bertz CT molecular complexity index is 892. The molecular formula is C22H23ClN2O3. The van der Waals surface area contributed by atoms with Crippen LogP contribution < -0.4 is 0 Å². The molecule has 1 aliphatic heterocycles. The summed E-state index contributed by atoms with van der Waals surface area (Å²) in [6.45, 7) is 1.22. The Kier molecular flexibility index (Phi) is 6.17. The van der Waals surface area contributed by atoms with E-state index in [4.69, 9.17) is 11.6 Å². The predicted octanol–water partition coefficient (Wildman–Crippen LogP) is 3.71. The summed E-state index contributed by atoms with van der Waals surface area (Å²) in [5, 5.41) is 11.4. The molecule has 2 aromatic carbocycles. The lowest BCUT2D eigenvalue weighted by atomic mass is 9.95. The van der Waals surface area contributed by atoms with Gasteiger partial charge < -0.3 is 14.9 Å². The number of rotatable bonds is 6. The lowest BCUT2D eigenvalue weighted by molar-refractivity contribution is -0.139. The van der Waals surface area contributed by atoms with Gasteiger partial charge >= 0.3 is 0 Å². The van der Waals surface area contributed by atoms with Crippen LogP contribution in [-0.2, 0) is 9.59 Å². The Morgan fingerprint density at radius 3 is 2.32 bits per heavy atom. The van der Waals surface area contributed by atoms with Crippen LogP contribution in [0.25, 0.3) is 5.76 Å². The highest BCUT2D eigenvalue weighted by Gasteiger charge is 2.45. The highest BCUT2D eigenvalue weighted by atomic mass is 35.5. The molecule has 0 aliphatic carbocycles. The Morgan fingerprint density at radius 2 is 1.71 bits per heavy atom. The summed E-state index contributed by atoms with van der Waals surface area (Å²) in [7, 11) is 3.92. The number of benzene rings is 2. The van der Waals surface area contributed by atoms with Gasteiger partial charge in [0, 0.05) is 17.1 Å². The quantitative estimate of drug-likeness (QED) is 0.457. The largest absolute Gasteiger partial charge is 0.507 e. The highest BCUT2D eigenvalue weighted by molar-refractivity contribution is 6.46. The van der Waals surface area contributed by atoms with Crippen molar-refractivity contribution in [2.45, 2.75) is 12.5 Å². The van der Waals surface area contributed by atoms with Crippen LogP contribution in [0.15, 0.2) is 60.2 Å². The second-order valence-corrected chi connectivity index (χ2v) is 7.50. The first-order chi connectivity index (χ1) is 13.4. The topological polar surface area (TPSA) is 60.9 Å². The SMILES string of the molecule is CN(C)CCCN1C(=O)C(=O)C(=C(O)c2ccc(Cl)cc2)[C@H]1c1ccccc1. The third-order valence-electron chi connectivity index (χ3n) is 4.78. The monoisotopic (exact) mass is 398 g/mol. The Hall–Kier alpha value is -2.63. The first kappa shape index (κ1) is 20.1. The van der Waals surface area contributed by atoms with Gasteiger partial charge in [-0.3, -0.25) is 9.59 Å². The molecule has 1 N–H and O–H groups in total. The van der Waals surface area contributed by atoms with E-state index in [2.05, 4.69) is 0 Å². The van der Waals surface area contributed by atoms with Gasteiger partial charge in [-0.15, -0.1) is 0 Å². The van der Waals surface area contributed by atoms with Crippen LogP contribution in [0.1, 0.15) is 23.6 Å². The molecular weight excluding hydrogens is 376 g/mol. The van der Waals surface area contributed by atoms with E-state index >= 15 is 0 Å². The third kappa shape index (κ3) is 4.11. The minimum atomic E-state index is -0.661. The van der Waals surface area contributed by atoms with E-state index in [1.54, 1.807) is 29.2 Å². The molecule has 1 fully saturated rings. The number of ketones is 1. The van der Waals surface area contributed by atoms with Crippen LogP contribution >= 0.6 is 11.6 Å². The van der Waals surface area contributed by atoms with Crippen LogP contribution in [0.2, 0.25) is 5.02 Å². The van der Waals surface area contributed by atoms with Gasteiger partial charge in [-0.1, -0.05) is 41.9 Å². The van der Waals surface area contributed by atoms with Crippen molar-refractivity contribution in [1.82, 2.24) is 9.80 Å². The molecule has 146 valence electrons. The molecule has 0 bridgehead atoms. The minimum absolute atomic E-state index is 0.114. The normalized spacial score (nSPS) is 18.9. The standard InChI is InChI=1S/C22H23ClN2O3/c1-24(2)13-6-14-25-19(15-7-4-3-5-8-15)18(21(27)22(25)28)20(26)16-9-11-17(23)12-10-16/h3-5,7-12,19,26H,6,13-14H2,1-2H3/t19-/m1/s1. The molecule has 1 amide bonds. The van der Waals surface area contributed by atoms with Crippen molar-refractivity contribution in [3.8, 4) is 0 Å². The van der Waals surface area contributed by atoms with Gasteiger partial charge in [0.2, 0.25) is 0 Å². The summed E-state index contributed by atoms with van der Waals surface area (Å²) in [5.74, 6) is -1.42. The van der Waals surface area contributed by atoms with Crippen LogP contribution in [-0.4, -0.2) is 53.8 Å². The first-order valence-corrected chi connectivity index (χ1v) is 9.52. The minimum Gasteiger partial charge on any atom is -0.507 e. The molecule has 1 saturated heterocycles. The maximum Gasteiger partial charge on any atom is 0.295 e. The second-order valence-electron chi connectivity index (χ2n) is 7.07. The Morgan fingerprint density at radius 1 is 1.07 bits per heavy atom. The fourth-order valence-electron chi connectivity index (χ4n) is 3.41. The number of aliphatic hydroxyl groups excluding tert-OH is 1. The second kappa shape index (κ2) is 8.59. The number of Topliss-reactive ketones (excluding diaryl/α,β-unsaturated/α-hetero) is 1. The number of hydrogen-bond donors (Lipinski definition) is 1. The van der Waals surface area contributed by atoms with Crippen molar-refractivity contribution in [3.63, 3.8) is 0 Å². The summed E-state index contributed by atoms with van der Waals surface area (Å²) in [4.78, 5) is 29.2. The van der Waals surface area contributed by atoms with Crippen molar-refractivity contribution >= 4 is 29.1 Å². The van der Waals surface area contributed by atoms with Crippen LogP contribution in [0.4, 0.5) is 0 Å². The molecule has 3 rings (SSSR count). The molecule has 0 aromatic heterocycles. The average molecular weight is 399 g/mol. The van der Waals surface area contributed by atoms with E-state index in [9.17, 15) is 14.7 Å². The van der Waals surface area contributed by atoms with E-state index in [1.165, 1.54) is 0 Å². The van der Waals surface area contributed by atoms with Crippen molar-refractivity contribution in [3.05, 3.63) is 76.3 Å². The summed E-state index contributed by atoms with van der Waals surface area (Å²) in [6, 6.07) is 15.3. The van der Waals surface area contributed by atoms with Gasteiger partial charge in [0.15, 0.2) is 0 Å². The Balaban J connectivity index is 2.06. The summed E-state index contributed by atoms with van der Waals surface area (Å²) < 4.78 is 0. The molecule has 0 spiro atoms. The Labute approximate surface area is 169 Å². The lowest BCUT2D eigenvalue weighted by Gasteiger charge is -2.26. The van der Waals surface area contributed by atoms with Gasteiger partial charge in [0.25, 0.3) is 11.7 Å². The third-order valence-corrected chi connectivity index (χ3v) is 5.03. The molecule has 5 nitrogen and oxygen atoms in total. The maximum absolute atomic E-state index is 12.8. The van der Waals surface area contributed by atoms with E-state index in [0.29, 0.717) is 17.1 Å². The van der Waals surface area contributed by atoms with Crippen LogP contribution in [0.5, 0.6) is 0 Å². The lowest BCUT2D eigenvalue weighted by Crippen LogP contribution is -2.32. The molecule has 0 radical (unpaired) electrons. The van der Waals surface area contributed by atoms with E-state index in [1.807, 2.05) is 49.3 Å². The first-order valence-electron chi connectivity index (χ1n) is 9.14. The number of hydrogen-bond acceptors (Lipinski definition) is 4. The summed E-state index contributed by atoms with van der Waals surface area (Å²) >= 11 is 5.93. The van der Waals surface area contributed by atoms with Crippen LogP contribution in [0, 0.1) is 0 Å². The highest BCUT2D eigenvalue weighted by Crippen LogP contribution is 2.39. The molecule has 0 unspecified atom stereocenters. The number of nitrogens with zero attached hydrogens (tertiary/aromatic N) is 2. The van der Waals surface area contributed by atoms with Gasteiger partial charge in [-0.05, 0) is 56.9 Å². The molecule has 1 atom stereocenters. The van der Waals surface area contributed by atoms with Crippen molar-refractivity contribution in [1.29, 1.82) is 0 Å². The number of likely N-dealkylation sites (tertiary alicyclic amines) is 1. The zero-order chi connectivity index (χ0) is 20.3. The van der Waals surface area contributed by atoms with Crippen molar-refractivity contribution < 1.29 is 14.7 Å². The maximum atomic E-state index is 12.8. The summed E-state index contributed by atoms with van der Waals surface area (Å²) in [6.07, 6.45) is 0.727. The molecule has 1 heterocycles. The zero-order valence-corrected chi connectivity index (χ0v) is 16.7. The van der Waals surface area contributed by atoms with E-state index in [-0.39, 0.29) is 11.3 Å². The molecule has 0 saturated carbocycles. The molecule has 6 heteroatoms. The van der Waals surface area contributed by atoms with Crippen molar-refractivity contribution in [2.24, 2.45) is 0 Å². The van der Waals surface area contributed by atoms with Crippen molar-refractivity contribution in [2.75, 3.05) is 27.2 Å². The smallest absolute Gasteiger partial charge is 0.295 e. The predicted molar refractivity (Wildman–Crippen MR) is 110 cm³/mol. The number of amides is 1. The van der Waals surface area contributed by atoms with Gasteiger partial charge in [-0.2, -0.15) is 0 Å². The van der Waals surface area contributed by atoms with Gasteiger partial charge in [-0.25, -0.2) is 0 Å². The molecule has 1 aliphatic rings. The van der Waals surface area contributed by atoms with E-state index in [0.717, 1.165) is 18.5 Å².